The van der Waals surface area contributed by atoms with Gasteiger partial charge in [-0.15, -0.1) is 6.42 Å². The maximum atomic E-state index is 13.3. The Morgan fingerprint density at radius 3 is 2.25 bits per heavy atom. The van der Waals surface area contributed by atoms with E-state index in [0.29, 0.717) is 12.2 Å². The molecule has 0 N–H and O–H groups in total. The van der Waals surface area contributed by atoms with Gasteiger partial charge in [0.25, 0.3) is 0 Å². The van der Waals surface area contributed by atoms with Gasteiger partial charge in [0.05, 0.1) is 6.54 Å². The van der Waals surface area contributed by atoms with Crippen molar-refractivity contribution in [1.29, 1.82) is 0 Å². The molecule has 0 aliphatic rings. The molecular weight excluding hydrogens is 321 g/mol. The van der Waals surface area contributed by atoms with Gasteiger partial charge < -0.3 is 4.52 Å². The Morgan fingerprint density at radius 2 is 1.71 bits per heavy atom. The summed E-state index contributed by atoms with van der Waals surface area (Å²) in [5.74, 6) is 3.04. The molecule has 0 saturated heterocycles. The minimum atomic E-state index is -3.55. The molecule has 0 saturated carbocycles. The highest BCUT2D eigenvalue weighted by Crippen LogP contribution is 2.52. The third-order valence-electron chi connectivity index (χ3n) is 3.65. The zero-order valence-electron chi connectivity index (χ0n) is 14.0. The SMILES string of the molecule is C#CCN(C(C)Cc1ccccc1)P(=O)(OC)Oc1ccccc1. The highest BCUT2D eigenvalue weighted by atomic mass is 31.2. The van der Waals surface area contributed by atoms with Crippen LogP contribution in [0, 0.1) is 12.3 Å². The fourth-order valence-electron chi connectivity index (χ4n) is 2.45. The zero-order valence-corrected chi connectivity index (χ0v) is 14.9. The molecule has 2 atom stereocenters. The fraction of sp³-hybridized carbons (Fsp3) is 0.263. The highest BCUT2D eigenvalue weighted by Gasteiger charge is 2.37. The Labute approximate surface area is 144 Å². The van der Waals surface area contributed by atoms with Crippen LogP contribution in [0.5, 0.6) is 5.75 Å². The van der Waals surface area contributed by atoms with Crippen molar-refractivity contribution in [3.8, 4) is 18.1 Å². The second-order valence-corrected chi connectivity index (χ2v) is 7.39. The largest absolute Gasteiger partial charge is 0.462 e. The molecule has 0 bridgehead atoms. The first-order chi connectivity index (χ1) is 11.6. The zero-order chi connectivity index (χ0) is 17.4. The third-order valence-corrected chi connectivity index (χ3v) is 5.71. The Hall–Kier alpha value is -2.05. The van der Waals surface area contributed by atoms with E-state index < -0.39 is 7.75 Å². The van der Waals surface area contributed by atoms with E-state index in [1.54, 1.807) is 16.8 Å². The van der Waals surface area contributed by atoms with Crippen molar-refractivity contribution in [3.05, 3.63) is 66.2 Å². The minimum absolute atomic E-state index is 0.113. The number of nitrogens with zero attached hydrogens (tertiary/aromatic N) is 1. The minimum Gasteiger partial charge on any atom is -0.413 e. The van der Waals surface area contributed by atoms with Crippen LogP contribution >= 0.6 is 7.75 Å². The molecule has 2 rings (SSSR count). The van der Waals surface area contributed by atoms with E-state index in [-0.39, 0.29) is 12.6 Å². The summed E-state index contributed by atoms with van der Waals surface area (Å²) in [6.45, 7) is 2.14. The quantitative estimate of drug-likeness (QED) is 0.526. The van der Waals surface area contributed by atoms with Gasteiger partial charge in [-0.2, -0.15) is 4.67 Å². The summed E-state index contributed by atoms with van der Waals surface area (Å²) in [5.41, 5.74) is 1.13. The summed E-state index contributed by atoms with van der Waals surface area (Å²) in [4.78, 5) is 0. The van der Waals surface area contributed by atoms with E-state index in [9.17, 15) is 4.57 Å². The summed E-state index contributed by atoms with van der Waals surface area (Å²) in [6, 6.07) is 18.8. The van der Waals surface area contributed by atoms with Gasteiger partial charge in [-0.1, -0.05) is 54.5 Å². The maximum Gasteiger partial charge on any atom is 0.462 e. The number of rotatable bonds is 8. The van der Waals surface area contributed by atoms with Crippen LogP contribution in [-0.4, -0.2) is 24.4 Å². The number of terminal acetylenes is 1. The van der Waals surface area contributed by atoms with Crippen molar-refractivity contribution in [3.63, 3.8) is 0 Å². The van der Waals surface area contributed by atoms with Crippen molar-refractivity contribution < 1.29 is 13.6 Å². The van der Waals surface area contributed by atoms with Gasteiger partial charge in [0, 0.05) is 13.2 Å². The van der Waals surface area contributed by atoms with Crippen molar-refractivity contribution in [1.82, 2.24) is 4.67 Å². The Bertz CT molecular complexity index is 712. The van der Waals surface area contributed by atoms with Crippen LogP contribution in [0.15, 0.2) is 60.7 Å². The van der Waals surface area contributed by atoms with Crippen LogP contribution in [0.25, 0.3) is 0 Å². The number of benzene rings is 2. The van der Waals surface area contributed by atoms with Gasteiger partial charge >= 0.3 is 7.75 Å². The molecule has 2 unspecified atom stereocenters. The van der Waals surface area contributed by atoms with Crippen LogP contribution in [0.3, 0.4) is 0 Å². The van der Waals surface area contributed by atoms with E-state index in [0.717, 1.165) is 5.56 Å². The molecule has 2 aromatic carbocycles. The average molecular weight is 343 g/mol. The number of para-hydroxylation sites is 1. The summed E-state index contributed by atoms with van der Waals surface area (Å²) >= 11 is 0. The summed E-state index contributed by atoms with van der Waals surface area (Å²) in [7, 11) is -2.17. The Kier molecular flexibility index (Phi) is 6.63. The van der Waals surface area contributed by atoms with E-state index in [1.807, 2.05) is 55.5 Å². The van der Waals surface area contributed by atoms with E-state index in [2.05, 4.69) is 5.92 Å². The first-order valence-electron chi connectivity index (χ1n) is 7.74. The second kappa shape index (κ2) is 8.70. The molecule has 0 amide bonds. The van der Waals surface area contributed by atoms with E-state index in [1.165, 1.54) is 7.11 Å². The molecule has 4 nitrogen and oxygen atoms in total. The summed E-state index contributed by atoms with van der Waals surface area (Å²) in [6.07, 6.45) is 6.17. The molecule has 24 heavy (non-hydrogen) atoms. The molecular formula is C19H22NO3P. The third kappa shape index (κ3) is 4.72. The fourth-order valence-corrected chi connectivity index (χ4v) is 4.04. The highest BCUT2D eigenvalue weighted by molar-refractivity contribution is 7.51. The van der Waals surface area contributed by atoms with E-state index >= 15 is 0 Å². The van der Waals surface area contributed by atoms with Crippen LogP contribution in [-0.2, 0) is 15.5 Å². The average Bonchev–Trinajstić information content (AvgIpc) is 2.61. The lowest BCUT2D eigenvalue weighted by molar-refractivity contribution is 0.226. The van der Waals surface area contributed by atoms with Gasteiger partial charge in [0.2, 0.25) is 0 Å². The lowest BCUT2D eigenvalue weighted by atomic mass is 10.1. The van der Waals surface area contributed by atoms with Gasteiger partial charge in [-0.05, 0) is 31.0 Å². The van der Waals surface area contributed by atoms with Gasteiger partial charge in [0.1, 0.15) is 5.75 Å². The van der Waals surface area contributed by atoms with Crippen LogP contribution < -0.4 is 4.52 Å². The topological polar surface area (TPSA) is 38.8 Å². The second-order valence-electron chi connectivity index (χ2n) is 5.40. The predicted molar refractivity (Wildman–Crippen MR) is 96.8 cm³/mol. The Balaban J connectivity index is 2.22. The summed E-state index contributed by atoms with van der Waals surface area (Å²) in [5, 5.41) is 0. The normalized spacial score (nSPS) is 14.6. The number of hydrogen-bond donors (Lipinski definition) is 0. The van der Waals surface area contributed by atoms with Crippen molar-refractivity contribution >= 4 is 7.75 Å². The molecule has 0 aliphatic carbocycles. The lowest BCUT2D eigenvalue weighted by Gasteiger charge is -2.32. The van der Waals surface area contributed by atoms with Gasteiger partial charge in [-0.3, -0.25) is 4.52 Å². The molecule has 0 fully saturated rings. The van der Waals surface area contributed by atoms with Crippen LogP contribution in [0.4, 0.5) is 0 Å². The molecule has 0 radical (unpaired) electrons. The Morgan fingerprint density at radius 1 is 1.12 bits per heavy atom. The molecule has 126 valence electrons. The lowest BCUT2D eigenvalue weighted by Crippen LogP contribution is -2.34. The van der Waals surface area contributed by atoms with Gasteiger partial charge in [0.15, 0.2) is 0 Å². The maximum absolute atomic E-state index is 13.3. The molecule has 0 aliphatic heterocycles. The molecule has 0 spiro atoms. The standard InChI is InChI=1S/C19H22NO3P/c1-4-15-20(17(2)16-18-11-7-5-8-12-18)24(21,22-3)23-19-13-9-6-10-14-19/h1,5-14,17H,15-16H2,2-3H3. The van der Waals surface area contributed by atoms with Crippen LogP contribution in [0.1, 0.15) is 12.5 Å². The first-order valence-corrected chi connectivity index (χ1v) is 9.23. The van der Waals surface area contributed by atoms with Crippen molar-refractivity contribution in [2.24, 2.45) is 0 Å². The summed E-state index contributed by atoms with van der Waals surface area (Å²) < 4.78 is 25.8. The molecule has 0 aromatic heterocycles. The van der Waals surface area contributed by atoms with Crippen molar-refractivity contribution in [2.75, 3.05) is 13.7 Å². The predicted octanol–water partition coefficient (Wildman–Crippen LogP) is 4.39. The number of hydrogen-bond acceptors (Lipinski definition) is 3. The molecule has 2 aromatic rings. The first kappa shape index (κ1) is 18.3. The molecule has 0 heterocycles. The monoisotopic (exact) mass is 343 g/mol. The van der Waals surface area contributed by atoms with E-state index in [4.69, 9.17) is 15.5 Å². The van der Waals surface area contributed by atoms with Gasteiger partial charge in [-0.25, -0.2) is 4.57 Å². The smallest absolute Gasteiger partial charge is 0.413 e. The van der Waals surface area contributed by atoms with Crippen LogP contribution in [0.2, 0.25) is 0 Å². The van der Waals surface area contributed by atoms with Crippen molar-refractivity contribution in [2.45, 2.75) is 19.4 Å². The molecule has 5 heteroatoms.